The van der Waals surface area contributed by atoms with Crippen molar-refractivity contribution in [2.24, 2.45) is 0 Å². The second-order valence-electron chi connectivity index (χ2n) is 3.56. The summed E-state index contributed by atoms with van der Waals surface area (Å²) in [7, 11) is 0. The molecule has 0 aliphatic carbocycles. The fourth-order valence-corrected chi connectivity index (χ4v) is 3.34. The van der Waals surface area contributed by atoms with Crippen LogP contribution in [0.3, 0.4) is 0 Å². The molecule has 0 atom stereocenters. The van der Waals surface area contributed by atoms with E-state index in [1.165, 1.54) is 10.4 Å². The number of aryl methyl sites for hydroxylation is 2. The Hall–Kier alpha value is -1.14. The second kappa shape index (κ2) is 3.43. The minimum atomic E-state index is 0.890. The van der Waals surface area contributed by atoms with Gasteiger partial charge in [-0.2, -0.15) is 9.61 Å². The summed E-state index contributed by atoms with van der Waals surface area (Å²) in [5.41, 5.74) is 2.18. The molecule has 0 amide bonds. The maximum atomic E-state index is 4.62. The number of thiophene rings is 1. The molecule has 0 saturated carbocycles. The zero-order chi connectivity index (χ0) is 11.3. The molecule has 82 valence electrons. The SMILES string of the molecule is CSc1nc2sc(C)c(C)c2c2ncnn12. The van der Waals surface area contributed by atoms with Gasteiger partial charge in [-0.1, -0.05) is 11.8 Å². The highest BCUT2D eigenvalue weighted by Crippen LogP contribution is 2.32. The van der Waals surface area contributed by atoms with Crippen molar-refractivity contribution in [2.45, 2.75) is 19.0 Å². The first kappa shape index (κ1) is 10.0. The van der Waals surface area contributed by atoms with Gasteiger partial charge in [0.05, 0.1) is 5.39 Å². The predicted molar refractivity (Wildman–Crippen MR) is 67.4 cm³/mol. The van der Waals surface area contributed by atoms with Gasteiger partial charge in [-0.15, -0.1) is 11.3 Å². The largest absolute Gasteiger partial charge is 0.214 e. The molecule has 0 aromatic carbocycles. The molecule has 0 unspecified atom stereocenters. The van der Waals surface area contributed by atoms with E-state index in [2.05, 4.69) is 28.9 Å². The summed E-state index contributed by atoms with van der Waals surface area (Å²) >= 11 is 3.31. The van der Waals surface area contributed by atoms with Crippen molar-refractivity contribution < 1.29 is 0 Å². The van der Waals surface area contributed by atoms with E-state index in [9.17, 15) is 0 Å². The van der Waals surface area contributed by atoms with Gasteiger partial charge in [0.1, 0.15) is 11.2 Å². The molecule has 0 radical (unpaired) electrons. The van der Waals surface area contributed by atoms with Crippen molar-refractivity contribution in [3.05, 3.63) is 16.8 Å². The number of hydrogen-bond donors (Lipinski definition) is 0. The van der Waals surface area contributed by atoms with Crippen molar-refractivity contribution in [3.8, 4) is 0 Å². The topological polar surface area (TPSA) is 43.1 Å². The fourth-order valence-electron chi connectivity index (χ4n) is 1.77. The van der Waals surface area contributed by atoms with Crippen molar-refractivity contribution in [1.29, 1.82) is 0 Å². The van der Waals surface area contributed by atoms with Crippen LogP contribution >= 0.6 is 23.1 Å². The Bertz CT molecular complexity index is 683. The Morgan fingerprint density at radius 1 is 1.38 bits per heavy atom. The molecule has 0 fully saturated rings. The predicted octanol–water partition coefficient (Wildman–Crippen LogP) is 2.68. The van der Waals surface area contributed by atoms with Crippen LogP contribution in [0.5, 0.6) is 0 Å². The van der Waals surface area contributed by atoms with Crippen LogP contribution in [0.1, 0.15) is 10.4 Å². The highest BCUT2D eigenvalue weighted by molar-refractivity contribution is 7.98. The molecular weight excluding hydrogens is 240 g/mol. The highest BCUT2D eigenvalue weighted by Gasteiger charge is 2.14. The lowest BCUT2D eigenvalue weighted by Gasteiger charge is -2.00. The molecule has 0 aliphatic rings. The number of thioether (sulfide) groups is 1. The van der Waals surface area contributed by atoms with Gasteiger partial charge >= 0.3 is 0 Å². The molecular formula is C10H10N4S2. The Morgan fingerprint density at radius 2 is 2.19 bits per heavy atom. The van der Waals surface area contributed by atoms with Gasteiger partial charge in [0.2, 0.25) is 0 Å². The quantitative estimate of drug-likeness (QED) is 0.492. The van der Waals surface area contributed by atoms with Crippen molar-refractivity contribution in [3.63, 3.8) is 0 Å². The number of aromatic nitrogens is 4. The number of hydrogen-bond acceptors (Lipinski definition) is 5. The fraction of sp³-hybridized carbons (Fsp3) is 0.300. The van der Waals surface area contributed by atoms with Gasteiger partial charge in [-0.3, -0.25) is 0 Å². The summed E-state index contributed by atoms with van der Waals surface area (Å²) in [6.45, 7) is 4.23. The zero-order valence-corrected chi connectivity index (χ0v) is 10.8. The van der Waals surface area contributed by atoms with E-state index in [1.807, 2.05) is 10.8 Å². The van der Waals surface area contributed by atoms with Crippen molar-refractivity contribution in [1.82, 2.24) is 19.6 Å². The highest BCUT2D eigenvalue weighted by atomic mass is 32.2. The maximum absolute atomic E-state index is 4.62. The third kappa shape index (κ3) is 1.20. The molecule has 3 rings (SSSR count). The summed E-state index contributed by atoms with van der Waals surface area (Å²) in [4.78, 5) is 11.3. The summed E-state index contributed by atoms with van der Waals surface area (Å²) < 4.78 is 1.81. The van der Waals surface area contributed by atoms with Gasteiger partial charge in [-0.25, -0.2) is 9.97 Å². The summed E-state index contributed by atoms with van der Waals surface area (Å²) in [6.07, 6.45) is 3.59. The molecule has 3 aromatic rings. The van der Waals surface area contributed by atoms with E-state index < -0.39 is 0 Å². The summed E-state index contributed by atoms with van der Waals surface area (Å²) in [6, 6.07) is 0. The van der Waals surface area contributed by atoms with E-state index in [1.54, 1.807) is 29.4 Å². The van der Waals surface area contributed by atoms with Crippen LogP contribution in [0.25, 0.3) is 15.9 Å². The Balaban J connectivity index is 2.59. The Morgan fingerprint density at radius 3 is 2.94 bits per heavy atom. The molecule has 16 heavy (non-hydrogen) atoms. The molecule has 4 nitrogen and oxygen atoms in total. The zero-order valence-electron chi connectivity index (χ0n) is 9.18. The average Bonchev–Trinajstić information content (AvgIpc) is 2.84. The third-order valence-electron chi connectivity index (χ3n) is 2.70. The van der Waals surface area contributed by atoms with E-state index in [4.69, 9.17) is 0 Å². The molecule has 0 N–H and O–H groups in total. The van der Waals surface area contributed by atoms with Crippen molar-refractivity contribution >= 4 is 39.0 Å². The standard InChI is InChI=1S/C10H10N4S2/c1-5-6(2)16-9-7(5)8-11-4-12-14(8)10(13-9)15-3/h4H,1-3H3. The van der Waals surface area contributed by atoms with Crippen LogP contribution in [0.4, 0.5) is 0 Å². The van der Waals surface area contributed by atoms with E-state index in [0.29, 0.717) is 0 Å². The molecule has 3 aromatic heterocycles. The summed E-state index contributed by atoms with van der Waals surface area (Å²) in [5.74, 6) is 0. The minimum absolute atomic E-state index is 0.890. The van der Waals surface area contributed by atoms with Crippen LogP contribution in [0.15, 0.2) is 11.5 Å². The average molecular weight is 250 g/mol. The molecule has 3 heterocycles. The first-order chi connectivity index (χ1) is 7.72. The van der Waals surface area contributed by atoms with Crippen LogP contribution in [-0.2, 0) is 0 Å². The molecule has 0 aliphatic heterocycles. The smallest absolute Gasteiger partial charge is 0.192 e. The second-order valence-corrected chi connectivity index (χ2v) is 5.53. The molecule has 0 saturated heterocycles. The first-order valence-corrected chi connectivity index (χ1v) is 6.90. The van der Waals surface area contributed by atoms with Crippen LogP contribution in [-0.4, -0.2) is 25.8 Å². The lowest BCUT2D eigenvalue weighted by molar-refractivity contribution is 0.812. The van der Waals surface area contributed by atoms with E-state index in [-0.39, 0.29) is 0 Å². The first-order valence-electron chi connectivity index (χ1n) is 4.86. The maximum Gasteiger partial charge on any atom is 0.192 e. The van der Waals surface area contributed by atoms with E-state index >= 15 is 0 Å². The normalized spacial score (nSPS) is 11.7. The number of fused-ring (bicyclic) bond motifs is 3. The lowest BCUT2D eigenvalue weighted by atomic mass is 10.2. The lowest BCUT2D eigenvalue weighted by Crippen LogP contribution is -1.96. The van der Waals surface area contributed by atoms with Gasteiger partial charge in [0, 0.05) is 4.88 Å². The van der Waals surface area contributed by atoms with Crippen molar-refractivity contribution in [2.75, 3.05) is 6.26 Å². The molecule has 0 spiro atoms. The third-order valence-corrected chi connectivity index (χ3v) is 4.43. The molecule has 6 heteroatoms. The van der Waals surface area contributed by atoms with Crippen LogP contribution in [0, 0.1) is 13.8 Å². The van der Waals surface area contributed by atoms with Gasteiger partial charge in [0.15, 0.2) is 10.8 Å². The monoisotopic (exact) mass is 250 g/mol. The summed E-state index contributed by atoms with van der Waals surface area (Å²) in [5, 5.41) is 6.24. The van der Waals surface area contributed by atoms with Gasteiger partial charge < -0.3 is 0 Å². The van der Waals surface area contributed by atoms with Gasteiger partial charge in [-0.05, 0) is 25.7 Å². The van der Waals surface area contributed by atoms with Gasteiger partial charge in [0.25, 0.3) is 0 Å². The van der Waals surface area contributed by atoms with E-state index in [0.717, 1.165) is 21.0 Å². The minimum Gasteiger partial charge on any atom is -0.214 e. The number of nitrogens with zero attached hydrogens (tertiary/aromatic N) is 4. The van der Waals surface area contributed by atoms with Crippen LogP contribution < -0.4 is 0 Å². The number of rotatable bonds is 1. The Kier molecular flexibility index (Phi) is 2.15. The Labute approximate surface area is 101 Å². The van der Waals surface area contributed by atoms with Crippen LogP contribution in [0.2, 0.25) is 0 Å². The molecule has 0 bridgehead atoms.